The summed E-state index contributed by atoms with van der Waals surface area (Å²) in [4.78, 5) is 2.56. The Labute approximate surface area is 325 Å². The third-order valence-electron chi connectivity index (χ3n) is 12.3. The van der Waals surface area contributed by atoms with E-state index in [2.05, 4.69) is 221 Å². The lowest BCUT2D eigenvalue weighted by Gasteiger charge is -2.32. The van der Waals surface area contributed by atoms with Crippen LogP contribution in [0.25, 0.3) is 55.6 Å². The van der Waals surface area contributed by atoms with Gasteiger partial charge < -0.3 is 4.90 Å². The summed E-state index contributed by atoms with van der Waals surface area (Å²) in [6.07, 6.45) is 0. The van der Waals surface area contributed by atoms with Crippen molar-refractivity contribution in [2.75, 3.05) is 4.90 Å². The van der Waals surface area contributed by atoms with E-state index in [1.54, 1.807) is 0 Å². The molecule has 0 aliphatic heterocycles. The maximum absolute atomic E-state index is 2.56. The molecule has 0 N–H and O–H groups in total. The van der Waals surface area contributed by atoms with Crippen molar-refractivity contribution in [1.82, 2.24) is 0 Å². The minimum absolute atomic E-state index is 0.128. The lowest BCUT2D eigenvalue weighted by atomic mass is 9.82. The number of benzene rings is 8. The highest BCUT2D eigenvalue weighted by Gasteiger charge is 2.39. The molecule has 0 fully saturated rings. The highest BCUT2D eigenvalue weighted by molar-refractivity contribution is 6.02. The molecule has 0 bridgehead atoms. The molecule has 0 spiro atoms. The molecule has 264 valence electrons. The Kier molecular flexibility index (Phi) is 7.58. The zero-order valence-electron chi connectivity index (χ0n) is 31.8. The van der Waals surface area contributed by atoms with E-state index >= 15 is 0 Å². The van der Waals surface area contributed by atoms with Crippen LogP contribution in [0.3, 0.4) is 0 Å². The van der Waals surface area contributed by atoms with E-state index < -0.39 is 0 Å². The van der Waals surface area contributed by atoms with Gasteiger partial charge in [-0.3, -0.25) is 0 Å². The highest BCUT2D eigenvalue weighted by atomic mass is 15.1. The molecule has 55 heavy (non-hydrogen) atoms. The fourth-order valence-corrected chi connectivity index (χ4v) is 9.51. The predicted octanol–water partition coefficient (Wildman–Crippen LogP) is 14.8. The molecule has 2 aliphatic rings. The Morgan fingerprint density at radius 2 is 0.782 bits per heavy atom. The molecule has 0 saturated heterocycles. The average Bonchev–Trinajstić information content (AvgIpc) is 3.61. The maximum atomic E-state index is 2.56. The zero-order valence-corrected chi connectivity index (χ0v) is 31.8. The normalized spacial score (nSPS) is 14.1. The van der Waals surface area contributed by atoms with Crippen LogP contribution in [0, 0.1) is 0 Å². The first-order chi connectivity index (χ1) is 26.8. The molecule has 0 aromatic heterocycles. The smallest absolute Gasteiger partial charge is 0.0546 e. The fraction of sp³-hybridized carbons (Fsp3) is 0.111. The van der Waals surface area contributed by atoms with Gasteiger partial charge >= 0.3 is 0 Å². The monoisotopic (exact) mass is 705 g/mol. The van der Waals surface area contributed by atoms with Crippen molar-refractivity contribution >= 4 is 17.1 Å². The van der Waals surface area contributed by atoms with Gasteiger partial charge in [0.1, 0.15) is 0 Å². The minimum Gasteiger partial charge on any atom is -0.309 e. The molecule has 0 amide bonds. The largest absolute Gasteiger partial charge is 0.309 e. The third-order valence-corrected chi connectivity index (χ3v) is 12.3. The van der Waals surface area contributed by atoms with Gasteiger partial charge in [0.15, 0.2) is 0 Å². The molecular weight excluding hydrogens is 663 g/mol. The zero-order chi connectivity index (χ0) is 37.3. The van der Waals surface area contributed by atoms with Crippen molar-refractivity contribution in [3.63, 3.8) is 0 Å². The van der Waals surface area contributed by atoms with Gasteiger partial charge in [0, 0.05) is 27.6 Å². The summed E-state index contributed by atoms with van der Waals surface area (Å²) in [5.41, 5.74) is 21.2. The molecule has 2 aliphatic carbocycles. The number of anilines is 3. The first kappa shape index (κ1) is 33.2. The number of rotatable bonds is 6. The summed E-state index contributed by atoms with van der Waals surface area (Å²) in [5, 5.41) is 0. The number of fused-ring (bicyclic) bond motifs is 6. The van der Waals surface area contributed by atoms with Crippen molar-refractivity contribution in [2.24, 2.45) is 0 Å². The number of nitrogens with zero attached hydrogens (tertiary/aromatic N) is 1. The number of hydrogen-bond donors (Lipinski definition) is 0. The first-order valence-electron chi connectivity index (χ1n) is 19.4. The van der Waals surface area contributed by atoms with Crippen LogP contribution < -0.4 is 4.90 Å². The molecule has 1 nitrogen and oxygen atoms in total. The Bertz CT molecular complexity index is 2740. The van der Waals surface area contributed by atoms with E-state index in [4.69, 9.17) is 0 Å². The average molecular weight is 706 g/mol. The molecule has 0 heterocycles. The summed E-state index contributed by atoms with van der Waals surface area (Å²) in [6.45, 7) is 9.49. The van der Waals surface area contributed by atoms with E-state index in [0.29, 0.717) is 0 Å². The fourth-order valence-electron chi connectivity index (χ4n) is 9.51. The standard InChI is InChI=1S/C54H43N/c1-53(2)46-25-14-12-22-44(46)52-47(53)26-16-28-50(52)55(40-33-34-43-42-21-11-13-24-45(42)54(3,4)48(43)35-40)49-27-15-23-41(38-19-9-6-10-20-38)51(49)39-31-29-37(30-32-39)36-17-7-5-8-18-36/h5-35H,1-4H3. The molecule has 8 aromatic rings. The Hall–Kier alpha value is -6.44. The van der Waals surface area contributed by atoms with Gasteiger partial charge in [0.05, 0.1) is 11.4 Å². The molecular formula is C54H43N. The lowest BCUT2D eigenvalue weighted by molar-refractivity contribution is 0.660. The Morgan fingerprint density at radius 3 is 1.49 bits per heavy atom. The second-order valence-corrected chi connectivity index (χ2v) is 16.1. The van der Waals surface area contributed by atoms with Gasteiger partial charge in [0.25, 0.3) is 0 Å². The predicted molar refractivity (Wildman–Crippen MR) is 233 cm³/mol. The van der Waals surface area contributed by atoms with Gasteiger partial charge in [-0.1, -0.05) is 191 Å². The maximum Gasteiger partial charge on any atom is 0.0546 e. The van der Waals surface area contributed by atoms with Crippen LogP contribution in [0.2, 0.25) is 0 Å². The SMILES string of the molecule is CC1(C)c2ccccc2-c2ccc(N(c3cccc(-c4ccccc4)c3-c3ccc(-c4ccccc4)cc3)c3cccc4c3-c3ccccc3C4(C)C)cc21. The van der Waals surface area contributed by atoms with E-state index in [9.17, 15) is 0 Å². The summed E-state index contributed by atoms with van der Waals surface area (Å²) in [5.74, 6) is 0. The molecule has 1 heteroatoms. The topological polar surface area (TPSA) is 3.24 Å². The van der Waals surface area contributed by atoms with Crippen LogP contribution in [0.1, 0.15) is 49.9 Å². The van der Waals surface area contributed by atoms with Crippen LogP contribution in [0.5, 0.6) is 0 Å². The van der Waals surface area contributed by atoms with Crippen molar-refractivity contribution in [1.29, 1.82) is 0 Å². The van der Waals surface area contributed by atoms with Gasteiger partial charge in [0.2, 0.25) is 0 Å². The van der Waals surface area contributed by atoms with Gasteiger partial charge in [-0.2, -0.15) is 0 Å². The Morgan fingerprint density at radius 1 is 0.309 bits per heavy atom. The summed E-state index contributed by atoms with van der Waals surface area (Å²) in [6, 6.07) is 69.6. The third kappa shape index (κ3) is 5.14. The highest BCUT2D eigenvalue weighted by Crippen LogP contribution is 2.57. The van der Waals surface area contributed by atoms with Crippen LogP contribution >= 0.6 is 0 Å². The van der Waals surface area contributed by atoms with E-state index in [1.807, 2.05) is 0 Å². The van der Waals surface area contributed by atoms with E-state index in [-0.39, 0.29) is 10.8 Å². The van der Waals surface area contributed by atoms with Crippen LogP contribution in [0.15, 0.2) is 188 Å². The second kappa shape index (κ2) is 12.6. The molecule has 0 saturated carbocycles. The van der Waals surface area contributed by atoms with E-state index in [1.165, 1.54) is 83.6 Å². The summed E-state index contributed by atoms with van der Waals surface area (Å²) < 4.78 is 0. The van der Waals surface area contributed by atoms with Crippen molar-refractivity contribution in [3.8, 4) is 55.6 Å². The molecule has 0 atom stereocenters. The quantitative estimate of drug-likeness (QED) is 0.166. The van der Waals surface area contributed by atoms with Crippen molar-refractivity contribution in [2.45, 2.75) is 38.5 Å². The lowest BCUT2D eigenvalue weighted by Crippen LogP contribution is -2.18. The van der Waals surface area contributed by atoms with E-state index in [0.717, 1.165) is 11.4 Å². The van der Waals surface area contributed by atoms with Gasteiger partial charge in [-0.25, -0.2) is 0 Å². The molecule has 0 radical (unpaired) electrons. The first-order valence-corrected chi connectivity index (χ1v) is 19.4. The Balaban J connectivity index is 1.27. The van der Waals surface area contributed by atoms with Gasteiger partial charge in [-0.05, 0) is 91.0 Å². The molecule has 8 aromatic carbocycles. The van der Waals surface area contributed by atoms with Crippen LogP contribution in [-0.2, 0) is 10.8 Å². The molecule has 0 unspecified atom stereocenters. The summed E-state index contributed by atoms with van der Waals surface area (Å²) in [7, 11) is 0. The van der Waals surface area contributed by atoms with Crippen molar-refractivity contribution < 1.29 is 0 Å². The second-order valence-electron chi connectivity index (χ2n) is 16.1. The summed E-state index contributed by atoms with van der Waals surface area (Å²) >= 11 is 0. The van der Waals surface area contributed by atoms with Gasteiger partial charge in [-0.15, -0.1) is 0 Å². The minimum atomic E-state index is -0.136. The van der Waals surface area contributed by atoms with Crippen molar-refractivity contribution in [3.05, 3.63) is 210 Å². The molecule has 10 rings (SSSR count). The van der Waals surface area contributed by atoms with Crippen LogP contribution in [0.4, 0.5) is 17.1 Å². The number of hydrogen-bond acceptors (Lipinski definition) is 1. The van der Waals surface area contributed by atoms with Crippen LogP contribution in [-0.4, -0.2) is 0 Å².